The van der Waals surface area contributed by atoms with Crippen molar-refractivity contribution >= 4 is 17.7 Å². The molecular weight excluding hydrogens is 238 g/mol. The Morgan fingerprint density at radius 2 is 2.59 bits per heavy atom. The van der Waals surface area contributed by atoms with Gasteiger partial charge in [-0.2, -0.15) is 0 Å². The molecule has 0 aromatic carbocycles. The summed E-state index contributed by atoms with van der Waals surface area (Å²) >= 11 is 1.64. The number of carboxylic acid groups (broad SMARTS) is 1. The number of nitrogens with one attached hydrogen (secondary N) is 2. The minimum atomic E-state index is -0.761. The fraction of sp³-hybridized carbons (Fsp3) is 0.636. The van der Waals surface area contributed by atoms with Crippen LogP contribution in [-0.2, 0) is 4.79 Å². The Morgan fingerprint density at radius 3 is 3.18 bits per heavy atom. The quantitative estimate of drug-likeness (QED) is 0.759. The maximum absolute atomic E-state index is 11.4. The molecule has 0 saturated heterocycles. The molecule has 6 heteroatoms. The van der Waals surface area contributed by atoms with Crippen molar-refractivity contribution in [2.24, 2.45) is 0 Å². The van der Waals surface area contributed by atoms with Crippen molar-refractivity contribution < 1.29 is 9.90 Å². The summed E-state index contributed by atoms with van der Waals surface area (Å²) in [6.07, 6.45) is 6.83. The van der Waals surface area contributed by atoms with Gasteiger partial charge in [0.1, 0.15) is 5.54 Å². The number of nitrogens with zero attached hydrogens (tertiary/aromatic N) is 1. The van der Waals surface area contributed by atoms with Crippen LogP contribution < -0.4 is 5.32 Å². The average molecular weight is 255 g/mol. The van der Waals surface area contributed by atoms with Crippen LogP contribution in [0.5, 0.6) is 0 Å². The van der Waals surface area contributed by atoms with Crippen molar-refractivity contribution in [3.63, 3.8) is 0 Å². The largest absolute Gasteiger partial charge is 0.480 e. The summed E-state index contributed by atoms with van der Waals surface area (Å²) in [7, 11) is 1.73. The van der Waals surface area contributed by atoms with E-state index >= 15 is 0 Å². The Morgan fingerprint density at radius 1 is 1.76 bits per heavy atom. The summed E-state index contributed by atoms with van der Waals surface area (Å²) in [5.41, 5.74) is -0.761. The first-order valence-electron chi connectivity index (χ1n) is 5.74. The zero-order valence-electron chi connectivity index (χ0n) is 9.77. The molecule has 2 unspecified atom stereocenters. The van der Waals surface area contributed by atoms with Crippen LogP contribution in [0.2, 0.25) is 0 Å². The second-order valence-electron chi connectivity index (χ2n) is 4.37. The fourth-order valence-corrected chi connectivity index (χ4v) is 3.55. The summed E-state index contributed by atoms with van der Waals surface area (Å²) in [5.74, 6) is -0.746. The number of rotatable bonds is 4. The van der Waals surface area contributed by atoms with Crippen LogP contribution in [0, 0.1) is 0 Å². The van der Waals surface area contributed by atoms with E-state index in [9.17, 15) is 9.90 Å². The van der Waals surface area contributed by atoms with E-state index in [1.807, 2.05) is 0 Å². The highest BCUT2D eigenvalue weighted by Crippen LogP contribution is 2.37. The van der Waals surface area contributed by atoms with E-state index in [4.69, 9.17) is 0 Å². The van der Waals surface area contributed by atoms with Crippen LogP contribution >= 0.6 is 11.8 Å². The number of carbonyl (C=O) groups is 1. The molecule has 0 bridgehead atoms. The standard InChI is InChI=1S/C11H17N3O2S/c1-12-11(9(15)16)4-2-3-8(7-11)17-10-13-5-6-14-10/h5-6,8,12H,2-4,7H2,1H3,(H,13,14)(H,15,16). The molecule has 3 N–H and O–H groups in total. The lowest BCUT2D eigenvalue weighted by Gasteiger charge is -2.36. The Bertz CT molecular complexity index is 382. The first-order chi connectivity index (χ1) is 8.16. The van der Waals surface area contributed by atoms with E-state index in [1.165, 1.54) is 0 Å². The molecule has 1 aromatic rings. The molecule has 5 nitrogen and oxygen atoms in total. The van der Waals surface area contributed by atoms with Gasteiger partial charge in [-0.15, -0.1) is 0 Å². The van der Waals surface area contributed by atoms with Crippen LogP contribution in [0.15, 0.2) is 17.6 Å². The van der Waals surface area contributed by atoms with Crippen LogP contribution in [0.25, 0.3) is 0 Å². The Hall–Kier alpha value is -1.01. The number of aromatic nitrogens is 2. The molecule has 1 aromatic heterocycles. The minimum Gasteiger partial charge on any atom is -0.480 e. The zero-order valence-corrected chi connectivity index (χ0v) is 10.6. The Balaban J connectivity index is 2.03. The maximum Gasteiger partial charge on any atom is 0.323 e. The summed E-state index contributed by atoms with van der Waals surface area (Å²) in [4.78, 5) is 18.6. The van der Waals surface area contributed by atoms with Crippen LogP contribution in [0.4, 0.5) is 0 Å². The van der Waals surface area contributed by atoms with Crippen LogP contribution in [0.1, 0.15) is 25.7 Å². The summed E-state index contributed by atoms with van der Waals surface area (Å²) in [5, 5.41) is 13.5. The smallest absolute Gasteiger partial charge is 0.323 e. The fourth-order valence-electron chi connectivity index (χ4n) is 2.33. The second-order valence-corrected chi connectivity index (χ2v) is 5.66. The minimum absolute atomic E-state index is 0.304. The van der Waals surface area contributed by atoms with Gasteiger partial charge in [0.25, 0.3) is 0 Å². The molecule has 0 spiro atoms. The molecule has 0 amide bonds. The van der Waals surface area contributed by atoms with E-state index in [2.05, 4.69) is 15.3 Å². The molecule has 1 fully saturated rings. The molecule has 2 rings (SSSR count). The van der Waals surface area contributed by atoms with Gasteiger partial charge in [0.2, 0.25) is 0 Å². The first kappa shape index (κ1) is 12.4. The summed E-state index contributed by atoms with van der Waals surface area (Å²) in [6.45, 7) is 0. The van der Waals surface area contributed by atoms with Crippen molar-refractivity contribution in [2.75, 3.05) is 7.05 Å². The van der Waals surface area contributed by atoms with Gasteiger partial charge in [0.15, 0.2) is 5.16 Å². The van der Waals surface area contributed by atoms with Crippen molar-refractivity contribution in [3.8, 4) is 0 Å². The summed E-state index contributed by atoms with van der Waals surface area (Å²) < 4.78 is 0. The van der Waals surface area contributed by atoms with Crippen LogP contribution in [0.3, 0.4) is 0 Å². The number of aromatic amines is 1. The number of carboxylic acids is 1. The van der Waals surface area contributed by atoms with Crippen molar-refractivity contribution in [2.45, 2.75) is 41.6 Å². The number of thioether (sulfide) groups is 1. The average Bonchev–Trinajstić information content (AvgIpc) is 2.82. The van der Waals surface area contributed by atoms with Gasteiger partial charge in [-0.3, -0.25) is 4.79 Å². The van der Waals surface area contributed by atoms with Gasteiger partial charge in [-0.05, 0) is 32.7 Å². The molecule has 0 aliphatic heterocycles. The summed E-state index contributed by atoms with van der Waals surface area (Å²) in [6, 6.07) is 0. The van der Waals surface area contributed by atoms with E-state index in [-0.39, 0.29) is 0 Å². The molecule has 1 aliphatic rings. The highest BCUT2D eigenvalue weighted by molar-refractivity contribution is 7.99. The monoisotopic (exact) mass is 255 g/mol. The molecule has 17 heavy (non-hydrogen) atoms. The number of hydrogen-bond donors (Lipinski definition) is 3. The molecule has 2 atom stereocenters. The molecule has 1 heterocycles. The van der Waals surface area contributed by atoms with Gasteiger partial charge in [0, 0.05) is 17.6 Å². The number of aliphatic carboxylic acids is 1. The first-order valence-corrected chi connectivity index (χ1v) is 6.62. The van der Waals surface area contributed by atoms with Gasteiger partial charge in [-0.25, -0.2) is 4.98 Å². The Kier molecular flexibility index (Phi) is 3.73. The van der Waals surface area contributed by atoms with E-state index < -0.39 is 11.5 Å². The third kappa shape index (κ3) is 2.63. The molecule has 1 saturated carbocycles. The third-order valence-corrected chi connectivity index (χ3v) is 4.53. The molecular formula is C11H17N3O2S. The third-order valence-electron chi connectivity index (χ3n) is 3.35. The van der Waals surface area contributed by atoms with Gasteiger partial charge in [-0.1, -0.05) is 11.8 Å². The topological polar surface area (TPSA) is 78.0 Å². The SMILES string of the molecule is CNC1(C(=O)O)CCCC(Sc2ncc[nH]2)C1. The van der Waals surface area contributed by atoms with E-state index in [0.717, 1.165) is 18.0 Å². The van der Waals surface area contributed by atoms with Crippen LogP contribution in [-0.4, -0.2) is 38.9 Å². The van der Waals surface area contributed by atoms with Crippen molar-refractivity contribution in [1.29, 1.82) is 0 Å². The van der Waals surface area contributed by atoms with Gasteiger partial charge in [0.05, 0.1) is 0 Å². The number of imidazole rings is 1. The number of H-pyrrole nitrogens is 1. The normalized spacial score (nSPS) is 29.1. The lowest BCUT2D eigenvalue weighted by atomic mass is 9.81. The highest BCUT2D eigenvalue weighted by Gasteiger charge is 2.42. The number of likely N-dealkylation sites (N-methyl/N-ethyl adjacent to an activating group) is 1. The zero-order chi connectivity index (χ0) is 12.3. The molecule has 94 valence electrons. The Labute approximate surface area is 104 Å². The lowest BCUT2D eigenvalue weighted by Crippen LogP contribution is -2.53. The number of hydrogen-bond acceptors (Lipinski definition) is 4. The molecule has 0 radical (unpaired) electrons. The van der Waals surface area contributed by atoms with Crippen molar-refractivity contribution in [3.05, 3.63) is 12.4 Å². The highest BCUT2D eigenvalue weighted by atomic mass is 32.2. The maximum atomic E-state index is 11.4. The van der Waals surface area contributed by atoms with E-state index in [1.54, 1.807) is 31.2 Å². The van der Waals surface area contributed by atoms with Crippen molar-refractivity contribution in [1.82, 2.24) is 15.3 Å². The van der Waals surface area contributed by atoms with Gasteiger partial charge < -0.3 is 15.4 Å². The predicted octanol–water partition coefficient (Wildman–Crippen LogP) is 1.49. The second kappa shape index (κ2) is 5.10. The molecule has 1 aliphatic carbocycles. The van der Waals surface area contributed by atoms with Gasteiger partial charge >= 0.3 is 5.97 Å². The predicted molar refractivity (Wildman–Crippen MR) is 66.1 cm³/mol. The van der Waals surface area contributed by atoms with E-state index in [0.29, 0.717) is 18.1 Å². The lowest BCUT2D eigenvalue weighted by molar-refractivity contribution is -0.146.